The number of rotatable bonds is 6. The zero-order valence-corrected chi connectivity index (χ0v) is 24.8. The van der Waals surface area contributed by atoms with Crippen molar-refractivity contribution in [1.29, 1.82) is 0 Å². The van der Waals surface area contributed by atoms with Gasteiger partial charge in [0.05, 0.1) is 51.0 Å². The van der Waals surface area contributed by atoms with Crippen LogP contribution in [0.2, 0.25) is 20.1 Å². The van der Waals surface area contributed by atoms with Crippen molar-refractivity contribution < 1.29 is 28.5 Å². The molecule has 0 fully saturated rings. The Labute approximate surface area is 238 Å². The zero-order chi connectivity index (χ0) is 23.9. The molecule has 0 aliphatic carbocycles. The Morgan fingerprint density at radius 3 is 1.82 bits per heavy atom. The molecule has 0 atom stereocenters. The maximum Gasteiger partial charge on any atom is 0.261 e. The third kappa shape index (κ3) is 4.68. The smallest absolute Gasteiger partial charge is 0.261 e. The molecule has 0 unspecified atom stereocenters. The first-order valence-corrected chi connectivity index (χ1v) is 12.8. The van der Waals surface area contributed by atoms with Gasteiger partial charge in [0.25, 0.3) is 5.82 Å². The van der Waals surface area contributed by atoms with Crippen molar-refractivity contribution in [1.82, 2.24) is 4.57 Å². The second-order valence-electron chi connectivity index (χ2n) is 7.78. The minimum atomic E-state index is 0. The molecule has 0 saturated heterocycles. The fourth-order valence-corrected chi connectivity index (χ4v) is 5.30. The Balaban J connectivity index is 0.00000324. The molecule has 1 aromatic heterocycles. The molecule has 0 N–H and O–H groups in total. The molecule has 1 aliphatic heterocycles. The molecule has 0 radical (unpaired) electrons. The van der Waals surface area contributed by atoms with Crippen LogP contribution in [0.1, 0.15) is 33.5 Å². The lowest BCUT2D eigenvalue weighted by Crippen LogP contribution is -3.00. The monoisotopic (exact) mass is 650 g/mol. The van der Waals surface area contributed by atoms with Crippen LogP contribution in [0.25, 0.3) is 11.0 Å². The minimum absolute atomic E-state index is 0. The number of halogens is 5. The summed E-state index contributed by atoms with van der Waals surface area (Å²) in [5.74, 6) is 2.19. The van der Waals surface area contributed by atoms with Gasteiger partial charge < -0.3 is 33.8 Å². The first kappa shape index (κ1) is 27.5. The molecule has 3 aromatic rings. The van der Waals surface area contributed by atoms with E-state index in [0.717, 1.165) is 60.8 Å². The van der Waals surface area contributed by atoms with E-state index in [4.69, 9.17) is 46.4 Å². The van der Waals surface area contributed by atoms with Gasteiger partial charge in [0, 0.05) is 25.2 Å². The number of nitrogens with zero attached hydrogens (tertiary/aromatic N) is 4. The number of hydrogen-bond acceptors (Lipinski definition) is 2. The number of allylic oxidation sites excluding steroid dienone is 1. The minimum Gasteiger partial charge on any atom is -1.00 e. The van der Waals surface area contributed by atoms with Crippen LogP contribution in [0.3, 0.4) is 0 Å². The second kappa shape index (κ2) is 11.3. The molecule has 0 saturated carbocycles. The third-order valence-corrected chi connectivity index (χ3v) is 7.56. The molecule has 1 aliphatic rings. The predicted octanol–water partition coefficient (Wildman–Crippen LogP) is 4.49. The van der Waals surface area contributed by atoms with Gasteiger partial charge in [-0.15, -0.1) is 0 Å². The molecule has 2 heterocycles. The van der Waals surface area contributed by atoms with Crippen LogP contribution in [0.5, 0.6) is 0 Å². The van der Waals surface area contributed by atoms with Crippen LogP contribution in [0.15, 0.2) is 41.9 Å². The Morgan fingerprint density at radius 1 is 0.794 bits per heavy atom. The third-order valence-electron chi connectivity index (χ3n) is 6.11. The van der Waals surface area contributed by atoms with Crippen LogP contribution in [0, 0.1) is 0 Å². The summed E-state index contributed by atoms with van der Waals surface area (Å²) >= 11 is 25.3. The van der Waals surface area contributed by atoms with Gasteiger partial charge in [0.1, 0.15) is 0 Å². The summed E-state index contributed by atoms with van der Waals surface area (Å²) in [5, 5.41) is 2.26. The van der Waals surface area contributed by atoms with Crippen molar-refractivity contribution in [2.45, 2.75) is 47.2 Å². The molecule has 4 rings (SSSR count). The highest BCUT2D eigenvalue weighted by atomic mass is 127. The number of aryl methyl sites for hydroxylation is 2. The standard InChI is InChI=1S/C25H27Cl4N4.HI/c1-5-30-20-12-16(26)17(27)13-21(20)31(6-2)24(30)10-9-11-25-32(7-3)22-14-18(28)19(29)15-23(22)33(25)8-4;/h9,12-15H,5-8,10H2,1-4H3;1H/q+1;/p-1. The summed E-state index contributed by atoms with van der Waals surface area (Å²) in [5.41, 5.74) is 7.86. The van der Waals surface area contributed by atoms with Crippen molar-refractivity contribution in [3.8, 4) is 0 Å². The largest absolute Gasteiger partial charge is 1.00 e. The van der Waals surface area contributed by atoms with Gasteiger partial charge in [0.2, 0.25) is 0 Å². The van der Waals surface area contributed by atoms with E-state index < -0.39 is 0 Å². The maximum absolute atomic E-state index is 6.33. The van der Waals surface area contributed by atoms with E-state index in [1.807, 2.05) is 24.3 Å². The highest BCUT2D eigenvalue weighted by Gasteiger charge is 2.30. The topological polar surface area (TPSA) is 15.3 Å². The fraction of sp³-hybridized carbons (Fsp3) is 0.360. The first-order valence-electron chi connectivity index (χ1n) is 11.2. The van der Waals surface area contributed by atoms with E-state index in [2.05, 4.69) is 58.4 Å². The van der Waals surface area contributed by atoms with Crippen molar-refractivity contribution in [2.75, 3.05) is 22.9 Å². The van der Waals surface area contributed by atoms with Crippen molar-refractivity contribution >= 4 is 68.8 Å². The van der Waals surface area contributed by atoms with E-state index in [1.54, 1.807) is 0 Å². The van der Waals surface area contributed by atoms with Crippen LogP contribution in [-0.4, -0.2) is 17.7 Å². The van der Waals surface area contributed by atoms with Gasteiger partial charge >= 0.3 is 0 Å². The fourth-order valence-electron chi connectivity index (χ4n) is 4.67. The normalized spacial score (nSPS) is 12.8. The molecule has 0 bridgehead atoms. The average Bonchev–Trinajstić information content (AvgIpc) is 3.24. The summed E-state index contributed by atoms with van der Waals surface area (Å²) in [7, 11) is 0. The summed E-state index contributed by atoms with van der Waals surface area (Å²) in [6, 6.07) is 7.79. The molecule has 34 heavy (non-hydrogen) atoms. The van der Waals surface area contributed by atoms with Crippen molar-refractivity contribution in [2.24, 2.45) is 0 Å². The lowest BCUT2D eigenvalue weighted by Gasteiger charge is -2.21. The van der Waals surface area contributed by atoms with Gasteiger partial charge in [-0.3, -0.25) is 0 Å². The van der Waals surface area contributed by atoms with Gasteiger partial charge in [-0.25, -0.2) is 9.13 Å². The van der Waals surface area contributed by atoms with Crippen LogP contribution < -0.4 is 38.3 Å². The molecule has 182 valence electrons. The van der Waals surface area contributed by atoms with Gasteiger partial charge in [-0.1, -0.05) is 52.1 Å². The first-order chi connectivity index (χ1) is 15.9. The van der Waals surface area contributed by atoms with E-state index in [0.29, 0.717) is 20.1 Å². The van der Waals surface area contributed by atoms with Gasteiger partial charge in [-0.05, 0) is 45.9 Å². The summed E-state index contributed by atoms with van der Waals surface area (Å²) in [6.07, 6.45) is 2.83. The molecule has 0 amide bonds. The summed E-state index contributed by atoms with van der Waals surface area (Å²) < 4.78 is 4.59. The number of aromatic nitrogens is 2. The lowest BCUT2D eigenvalue weighted by atomic mass is 10.2. The van der Waals surface area contributed by atoms with E-state index >= 15 is 0 Å². The van der Waals surface area contributed by atoms with Gasteiger partial charge in [0.15, 0.2) is 16.9 Å². The van der Waals surface area contributed by atoms with E-state index in [9.17, 15) is 0 Å². The highest BCUT2D eigenvalue weighted by molar-refractivity contribution is 6.43. The summed E-state index contributed by atoms with van der Waals surface area (Å²) in [4.78, 5) is 4.45. The maximum atomic E-state index is 6.33. The van der Waals surface area contributed by atoms with Gasteiger partial charge in [-0.2, -0.15) is 0 Å². The van der Waals surface area contributed by atoms with Crippen LogP contribution in [-0.2, 0) is 19.5 Å². The number of imidazole rings is 1. The second-order valence-corrected chi connectivity index (χ2v) is 9.41. The SMILES string of the molecule is CCN1C(=C=CCc2n(CC)c3cc(Cl)c(Cl)cc3[n+]2CC)N(CC)c2cc(Cl)c(Cl)cc21.[I-]. The van der Waals surface area contributed by atoms with Crippen LogP contribution >= 0.6 is 46.4 Å². The lowest BCUT2D eigenvalue weighted by molar-refractivity contribution is -0.675. The number of hydrogen-bond donors (Lipinski definition) is 0. The molecular formula is C25H27Cl4IN4. The van der Waals surface area contributed by atoms with Crippen molar-refractivity contribution in [3.63, 3.8) is 0 Å². The molecule has 9 heteroatoms. The Hall–Kier alpha value is -1.08. The Kier molecular flexibility index (Phi) is 9.16. The van der Waals surface area contributed by atoms with E-state index in [1.165, 1.54) is 5.82 Å². The number of anilines is 2. The van der Waals surface area contributed by atoms with Crippen LogP contribution in [0.4, 0.5) is 11.4 Å². The predicted molar refractivity (Wildman–Crippen MR) is 141 cm³/mol. The van der Waals surface area contributed by atoms with E-state index in [-0.39, 0.29) is 24.0 Å². The molecule has 2 aromatic carbocycles. The Bertz CT molecular complexity index is 1210. The number of fused-ring (bicyclic) bond motifs is 2. The highest BCUT2D eigenvalue weighted by Crippen LogP contribution is 2.45. The quantitative estimate of drug-likeness (QED) is 0.222. The molecule has 0 spiro atoms. The number of benzene rings is 2. The molecular weight excluding hydrogens is 625 g/mol. The molecule has 4 nitrogen and oxygen atoms in total. The summed E-state index contributed by atoms with van der Waals surface area (Å²) in [6.45, 7) is 11.8. The zero-order valence-electron chi connectivity index (χ0n) is 19.6. The average molecular weight is 652 g/mol. The van der Waals surface area contributed by atoms with Crippen molar-refractivity contribution in [3.05, 3.63) is 67.8 Å². The Morgan fingerprint density at radius 2 is 1.32 bits per heavy atom.